The summed E-state index contributed by atoms with van der Waals surface area (Å²) in [5.41, 5.74) is 6.57. The maximum absolute atomic E-state index is 12.3. The molecule has 0 radical (unpaired) electrons. The Morgan fingerprint density at radius 3 is 2.32 bits per heavy atom. The fraction of sp³-hybridized carbons (Fsp3) is 0.143. The molecule has 1 amide bonds. The van der Waals surface area contributed by atoms with E-state index in [9.17, 15) is 15.0 Å². The molecule has 0 aliphatic rings. The quantitative estimate of drug-likeness (QED) is 0.360. The van der Waals surface area contributed by atoms with Crippen LogP contribution >= 0.6 is 0 Å². The van der Waals surface area contributed by atoms with Gasteiger partial charge in [-0.25, -0.2) is 5.43 Å². The molecule has 0 bridgehead atoms. The summed E-state index contributed by atoms with van der Waals surface area (Å²) in [6.45, 7) is 4.05. The molecule has 3 aromatic rings. The predicted molar refractivity (Wildman–Crippen MR) is 107 cm³/mol. The molecule has 0 unspecified atom stereocenters. The number of hydrogen-bond acceptors (Lipinski definition) is 5. The molecule has 1 aromatic heterocycles. The van der Waals surface area contributed by atoms with Crippen molar-refractivity contribution in [1.29, 1.82) is 0 Å². The van der Waals surface area contributed by atoms with E-state index in [1.165, 1.54) is 25.5 Å². The Morgan fingerprint density at radius 1 is 1.07 bits per heavy atom. The number of hydrazone groups is 1. The predicted octanol–water partition coefficient (Wildman–Crippen LogP) is 3.28. The molecule has 7 nitrogen and oxygen atoms in total. The minimum absolute atomic E-state index is 0.110. The van der Waals surface area contributed by atoms with Crippen molar-refractivity contribution in [3.63, 3.8) is 0 Å². The van der Waals surface area contributed by atoms with Crippen LogP contribution in [0.2, 0.25) is 0 Å². The van der Waals surface area contributed by atoms with Gasteiger partial charge in [0.05, 0.1) is 13.3 Å². The largest absolute Gasteiger partial charge is 0.504 e. The van der Waals surface area contributed by atoms with Gasteiger partial charge in [-0.05, 0) is 62.4 Å². The smallest absolute Gasteiger partial charge is 0.271 e. The van der Waals surface area contributed by atoms with Gasteiger partial charge in [-0.2, -0.15) is 5.10 Å². The minimum Gasteiger partial charge on any atom is -0.504 e. The number of phenolic OH excluding ortho intramolecular Hbond substituents is 2. The molecule has 144 valence electrons. The number of amides is 1. The zero-order valence-corrected chi connectivity index (χ0v) is 15.8. The van der Waals surface area contributed by atoms with E-state index < -0.39 is 0 Å². The number of carbonyl (C=O) groups is 1. The lowest BCUT2D eigenvalue weighted by Crippen LogP contribution is -2.17. The van der Waals surface area contributed by atoms with Gasteiger partial charge >= 0.3 is 0 Å². The van der Waals surface area contributed by atoms with E-state index in [4.69, 9.17) is 4.74 Å². The molecule has 0 spiro atoms. The van der Waals surface area contributed by atoms with Crippen LogP contribution in [-0.2, 0) is 0 Å². The summed E-state index contributed by atoms with van der Waals surface area (Å²) in [7, 11) is 1.37. The van der Waals surface area contributed by atoms with Gasteiger partial charge in [0, 0.05) is 28.2 Å². The number of phenols is 2. The first kappa shape index (κ1) is 19.0. The highest BCUT2D eigenvalue weighted by Crippen LogP contribution is 2.35. The van der Waals surface area contributed by atoms with Crippen LogP contribution in [0, 0.1) is 13.8 Å². The standard InChI is InChI=1S/C21H21N3O4/c1-13-4-5-14(2)24(13)17-8-6-16(7-9-17)21(27)23-22-12-15-10-18(25)20(26)19(11-15)28-3/h4-12,25-26H,1-3H3,(H,23,27)/b22-12+. The second kappa shape index (κ2) is 7.87. The Balaban J connectivity index is 1.70. The molecule has 0 atom stereocenters. The third-order valence-corrected chi connectivity index (χ3v) is 4.34. The lowest BCUT2D eigenvalue weighted by atomic mass is 10.2. The van der Waals surface area contributed by atoms with E-state index in [-0.39, 0.29) is 23.2 Å². The fourth-order valence-corrected chi connectivity index (χ4v) is 2.91. The Labute approximate surface area is 162 Å². The van der Waals surface area contributed by atoms with E-state index in [0.29, 0.717) is 11.1 Å². The number of aromatic hydroxyl groups is 2. The maximum atomic E-state index is 12.3. The highest BCUT2D eigenvalue weighted by molar-refractivity contribution is 5.95. The zero-order valence-electron chi connectivity index (χ0n) is 15.8. The second-order valence-corrected chi connectivity index (χ2v) is 6.29. The van der Waals surface area contributed by atoms with Crippen LogP contribution in [0.3, 0.4) is 0 Å². The number of rotatable bonds is 5. The monoisotopic (exact) mass is 379 g/mol. The number of aromatic nitrogens is 1. The third-order valence-electron chi connectivity index (χ3n) is 4.34. The van der Waals surface area contributed by atoms with Crippen molar-refractivity contribution in [2.45, 2.75) is 13.8 Å². The average Bonchev–Trinajstić information content (AvgIpc) is 3.02. The summed E-state index contributed by atoms with van der Waals surface area (Å²) in [6, 6.07) is 14.1. The maximum Gasteiger partial charge on any atom is 0.271 e. The van der Waals surface area contributed by atoms with E-state index >= 15 is 0 Å². The SMILES string of the molecule is COc1cc(/C=N/NC(=O)c2ccc(-n3c(C)ccc3C)cc2)cc(O)c1O. The first-order valence-corrected chi connectivity index (χ1v) is 8.59. The van der Waals surface area contributed by atoms with Crippen LogP contribution in [0.15, 0.2) is 53.6 Å². The van der Waals surface area contributed by atoms with E-state index in [0.717, 1.165) is 17.1 Å². The molecule has 0 saturated carbocycles. The third kappa shape index (κ3) is 3.83. The number of aryl methyl sites for hydroxylation is 2. The van der Waals surface area contributed by atoms with Crippen LogP contribution in [0.5, 0.6) is 17.2 Å². The number of benzene rings is 2. The Bertz CT molecular complexity index is 1020. The number of methoxy groups -OCH3 is 1. The molecule has 28 heavy (non-hydrogen) atoms. The molecule has 3 rings (SSSR count). The van der Waals surface area contributed by atoms with Crippen LogP contribution in [0.25, 0.3) is 5.69 Å². The second-order valence-electron chi connectivity index (χ2n) is 6.29. The van der Waals surface area contributed by atoms with Crippen molar-refractivity contribution in [1.82, 2.24) is 9.99 Å². The molecule has 3 N–H and O–H groups in total. The molecule has 2 aromatic carbocycles. The van der Waals surface area contributed by atoms with Crippen molar-refractivity contribution >= 4 is 12.1 Å². The molecule has 7 heteroatoms. The molecule has 0 saturated heterocycles. The van der Waals surface area contributed by atoms with Gasteiger partial charge in [-0.15, -0.1) is 0 Å². The highest BCUT2D eigenvalue weighted by Gasteiger charge is 2.09. The van der Waals surface area contributed by atoms with Gasteiger partial charge < -0.3 is 19.5 Å². The molecule has 0 aliphatic heterocycles. The van der Waals surface area contributed by atoms with Gasteiger partial charge in [0.15, 0.2) is 11.5 Å². The lowest BCUT2D eigenvalue weighted by molar-refractivity contribution is 0.0955. The summed E-state index contributed by atoms with van der Waals surface area (Å²) >= 11 is 0. The van der Waals surface area contributed by atoms with Gasteiger partial charge in [0.1, 0.15) is 0 Å². The topological polar surface area (TPSA) is 96.1 Å². The van der Waals surface area contributed by atoms with Crippen LogP contribution in [-0.4, -0.2) is 34.0 Å². The van der Waals surface area contributed by atoms with Crippen LogP contribution in [0.4, 0.5) is 0 Å². The zero-order chi connectivity index (χ0) is 20.3. The van der Waals surface area contributed by atoms with Gasteiger partial charge in [0.25, 0.3) is 5.91 Å². The minimum atomic E-state index is -0.362. The lowest BCUT2D eigenvalue weighted by Gasteiger charge is -2.10. The van der Waals surface area contributed by atoms with E-state index in [1.807, 2.05) is 38.1 Å². The van der Waals surface area contributed by atoms with Crippen molar-refractivity contribution < 1.29 is 19.7 Å². The molecular weight excluding hydrogens is 358 g/mol. The summed E-state index contributed by atoms with van der Waals surface area (Å²) < 4.78 is 7.06. The Morgan fingerprint density at radius 2 is 1.71 bits per heavy atom. The summed E-state index contributed by atoms with van der Waals surface area (Å²) in [5, 5.41) is 23.2. The molecule has 0 aliphatic carbocycles. The van der Waals surface area contributed by atoms with Crippen molar-refractivity contribution in [3.8, 4) is 22.9 Å². The number of nitrogens with one attached hydrogen (secondary N) is 1. The Hall–Kier alpha value is -3.74. The fourth-order valence-electron chi connectivity index (χ4n) is 2.91. The molecular formula is C21H21N3O4. The van der Waals surface area contributed by atoms with Crippen LogP contribution in [0.1, 0.15) is 27.3 Å². The normalized spacial score (nSPS) is 11.0. The summed E-state index contributed by atoms with van der Waals surface area (Å²) in [6.07, 6.45) is 1.35. The summed E-state index contributed by atoms with van der Waals surface area (Å²) in [5.74, 6) is -0.937. The number of ether oxygens (including phenoxy) is 1. The molecule has 0 fully saturated rings. The van der Waals surface area contributed by atoms with Crippen LogP contribution < -0.4 is 10.2 Å². The van der Waals surface area contributed by atoms with Crippen molar-refractivity contribution in [2.75, 3.05) is 7.11 Å². The average molecular weight is 379 g/mol. The van der Waals surface area contributed by atoms with E-state index in [1.54, 1.807) is 12.1 Å². The first-order chi connectivity index (χ1) is 13.4. The number of nitrogens with zero attached hydrogens (tertiary/aromatic N) is 2. The highest BCUT2D eigenvalue weighted by atomic mass is 16.5. The number of hydrogen-bond donors (Lipinski definition) is 3. The van der Waals surface area contributed by atoms with Gasteiger partial charge in [-0.3, -0.25) is 4.79 Å². The van der Waals surface area contributed by atoms with E-state index in [2.05, 4.69) is 15.1 Å². The number of carbonyl (C=O) groups excluding carboxylic acids is 1. The summed E-state index contributed by atoms with van der Waals surface area (Å²) in [4.78, 5) is 12.3. The molecule has 1 heterocycles. The van der Waals surface area contributed by atoms with Crippen molar-refractivity contribution in [3.05, 3.63) is 71.0 Å². The first-order valence-electron chi connectivity index (χ1n) is 8.59. The van der Waals surface area contributed by atoms with Gasteiger partial charge in [0.2, 0.25) is 5.75 Å². The Kier molecular flexibility index (Phi) is 5.35. The van der Waals surface area contributed by atoms with Gasteiger partial charge in [-0.1, -0.05) is 0 Å². The van der Waals surface area contributed by atoms with Crippen molar-refractivity contribution in [2.24, 2.45) is 5.10 Å².